The number of rotatable bonds is 7. The summed E-state index contributed by atoms with van der Waals surface area (Å²) in [6, 6.07) is 8.61. The van der Waals surface area contributed by atoms with Crippen molar-refractivity contribution in [1.29, 1.82) is 0 Å². The van der Waals surface area contributed by atoms with Crippen LogP contribution in [0.5, 0.6) is 0 Å². The zero-order valence-corrected chi connectivity index (χ0v) is 13.6. The average Bonchev–Trinajstić information content (AvgIpc) is 2.82. The molecule has 116 valence electrons. The Kier molecular flexibility index (Phi) is 5.37. The highest BCUT2D eigenvalue weighted by molar-refractivity contribution is 5.75. The molecule has 0 aliphatic heterocycles. The van der Waals surface area contributed by atoms with Gasteiger partial charge in [-0.05, 0) is 30.4 Å². The highest BCUT2D eigenvalue weighted by atomic mass is 15.2. The quantitative estimate of drug-likeness (QED) is 0.608. The standard InChI is InChI=1S/C17H28N4/c1-5-10-21-16-9-7-6-8-14(16)19-17(21)11-15(20-18)13(4)12(2)3/h6-9,12-13,15,20H,5,10-11,18H2,1-4H3. The number of hydrogen-bond acceptors (Lipinski definition) is 3. The van der Waals surface area contributed by atoms with Crippen LogP contribution in [0.4, 0.5) is 0 Å². The summed E-state index contributed by atoms with van der Waals surface area (Å²) in [6.07, 6.45) is 1.97. The highest BCUT2D eigenvalue weighted by Crippen LogP contribution is 2.21. The van der Waals surface area contributed by atoms with Crippen LogP contribution in [0.2, 0.25) is 0 Å². The number of nitrogens with one attached hydrogen (secondary N) is 1. The molecule has 0 amide bonds. The molecule has 1 aromatic carbocycles. The van der Waals surface area contributed by atoms with Gasteiger partial charge in [-0.3, -0.25) is 11.3 Å². The molecule has 0 aliphatic rings. The molecule has 4 nitrogen and oxygen atoms in total. The van der Waals surface area contributed by atoms with E-state index in [4.69, 9.17) is 10.8 Å². The first-order valence-corrected chi connectivity index (χ1v) is 7.98. The van der Waals surface area contributed by atoms with Crippen molar-refractivity contribution in [3.8, 4) is 0 Å². The Bertz CT molecular complexity index is 573. The lowest BCUT2D eigenvalue weighted by molar-refractivity contribution is 0.294. The van der Waals surface area contributed by atoms with Gasteiger partial charge < -0.3 is 4.57 Å². The van der Waals surface area contributed by atoms with E-state index in [1.807, 2.05) is 6.07 Å². The van der Waals surface area contributed by atoms with Gasteiger partial charge in [-0.15, -0.1) is 0 Å². The molecule has 0 spiro atoms. The summed E-state index contributed by atoms with van der Waals surface area (Å²) in [5, 5.41) is 0. The number of hydrogen-bond donors (Lipinski definition) is 2. The third-order valence-electron chi connectivity index (χ3n) is 4.48. The van der Waals surface area contributed by atoms with E-state index < -0.39 is 0 Å². The molecular formula is C17H28N4. The molecule has 0 radical (unpaired) electrons. The summed E-state index contributed by atoms with van der Waals surface area (Å²) in [7, 11) is 0. The van der Waals surface area contributed by atoms with E-state index in [9.17, 15) is 0 Å². The van der Waals surface area contributed by atoms with Gasteiger partial charge >= 0.3 is 0 Å². The summed E-state index contributed by atoms with van der Waals surface area (Å²) in [5.41, 5.74) is 5.29. The van der Waals surface area contributed by atoms with Gasteiger partial charge in [0, 0.05) is 19.0 Å². The number of para-hydroxylation sites is 2. The van der Waals surface area contributed by atoms with Crippen LogP contribution >= 0.6 is 0 Å². The predicted octanol–water partition coefficient (Wildman–Crippen LogP) is 3.11. The number of aryl methyl sites for hydroxylation is 1. The summed E-state index contributed by atoms with van der Waals surface area (Å²) < 4.78 is 2.34. The Morgan fingerprint density at radius 3 is 2.57 bits per heavy atom. The molecule has 0 fully saturated rings. The molecule has 1 aromatic heterocycles. The first kappa shape index (κ1) is 16.0. The van der Waals surface area contributed by atoms with Gasteiger partial charge in [-0.2, -0.15) is 0 Å². The topological polar surface area (TPSA) is 55.9 Å². The number of aromatic nitrogens is 2. The number of imidazole rings is 1. The number of nitrogens with zero attached hydrogens (tertiary/aromatic N) is 2. The van der Waals surface area contributed by atoms with Gasteiger partial charge in [-0.25, -0.2) is 4.98 Å². The predicted molar refractivity (Wildman–Crippen MR) is 88.8 cm³/mol. The van der Waals surface area contributed by atoms with Gasteiger partial charge in [0.05, 0.1) is 11.0 Å². The Morgan fingerprint density at radius 2 is 1.95 bits per heavy atom. The maximum Gasteiger partial charge on any atom is 0.111 e. The third kappa shape index (κ3) is 3.44. The summed E-state index contributed by atoms with van der Waals surface area (Å²) in [6.45, 7) is 9.94. The fourth-order valence-electron chi connectivity index (χ4n) is 2.81. The smallest absolute Gasteiger partial charge is 0.111 e. The molecule has 1 heterocycles. The monoisotopic (exact) mass is 288 g/mol. The van der Waals surface area contributed by atoms with Crippen LogP contribution in [0.15, 0.2) is 24.3 Å². The van der Waals surface area contributed by atoms with E-state index in [0.29, 0.717) is 11.8 Å². The maximum atomic E-state index is 5.79. The molecule has 3 N–H and O–H groups in total. The van der Waals surface area contributed by atoms with Crippen molar-refractivity contribution in [3.63, 3.8) is 0 Å². The molecule has 0 aliphatic carbocycles. The minimum absolute atomic E-state index is 0.248. The van der Waals surface area contributed by atoms with Crippen LogP contribution in [0.3, 0.4) is 0 Å². The second-order valence-electron chi connectivity index (χ2n) is 6.25. The van der Waals surface area contributed by atoms with Crippen LogP contribution in [0.25, 0.3) is 11.0 Å². The van der Waals surface area contributed by atoms with Crippen LogP contribution in [0, 0.1) is 11.8 Å². The Morgan fingerprint density at radius 1 is 1.24 bits per heavy atom. The number of benzene rings is 1. The zero-order valence-electron chi connectivity index (χ0n) is 13.6. The largest absolute Gasteiger partial charge is 0.328 e. The van der Waals surface area contributed by atoms with Crippen LogP contribution in [-0.2, 0) is 13.0 Å². The first-order chi connectivity index (χ1) is 10.1. The SMILES string of the molecule is CCCn1c(CC(NN)C(C)C(C)C)nc2ccccc21. The van der Waals surface area contributed by atoms with E-state index in [-0.39, 0.29) is 6.04 Å². The van der Waals surface area contributed by atoms with Gasteiger partial charge in [0.1, 0.15) is 5.82 Å². The highest BCUT2D eigenvalue weighted by Gasteiger charge is 2.22. The maximum absolute atomic E-state index is 5.79. The molecule has 2 aromatic rings. The zero-order chi connectivity index (χ0) is 15.4. The van der Waals surface area contributed by atoms with E-state index in [1.54, 1.807) is 0 Å². The molecule has 0 bridgehead atoms. The van der Waals surface area contributed by atoms with Crippen molar-refractivity contribution in [2.24, 2.45) is 17.7 Å². The van der Waals surface area contributed by atoms with Crippen LogP contribution in [0.1, 0.15) is 39.9 Å². The van der Waals surface area contributed by atoms with Gasteiger partial charge in [-0.1, -0.05) is 39.8 Å². The van der Waals surface area contributed by atoms with Crippen molar-refractivity contribution in [2.45, 2.75) is 53.1 Å². The summed E-state index contributed by atoms with van der Waals surface area (Å²) in [5.74, 6) is 8.02. The van der Waals surface area contributed by atoms with Crippen molar-refractivity contribution in [3.05, 3.63) is 30.1 Å². The van der Waals surface area contributed by atoms with E-state index >= 15 is 0 Å². The Hall–Kier alpha value is -1.39. The van der Waals surface area contributed by atoms with E-state index in [2.05, 4.69) is 55.9 Å². The Balaban J connectivity index is 2.34. The molecular weight excluding hydrogens is 260 g/mol. The van der Waals surface area contributed by atoms with Crippen molar-refractivity contribution in [2.75, 3.05) is 0 Å². The molecule has 4 heteroatoms. The fourth-order valence-corrected chi connectivity index (χ4v) is 2.81. The lowest BCUT2D eigenvalue weighted by atomic mass is 9.88. The van der Waals surface area contributed by atoms with Crippen molar-refractivity contribution in [1.82, 2.24) is 15.0 Å². The van der Waals surface area contributed by atoms with Crippen LogP contribution in [-0.4, -0.2) is 15.6 Å². The van der Waals surface area contributed by atoms with Gasteiger partial charge in [0.15, 0.2) is 0 Å². The van der Waals surface area contributed by atoms with Gasteiger partial charge in [0.25, 0.3) is 0 Å². The van der Waals surface area contributed by atoms with Crippen LogP contribution < -0.4 is 11.3 Å². The second-order valence-corrected chi connectivity index (χ2v) is 6.25. The molecule has 21 heavy (non-hydrogen) atoms. The summed E-state index contributed by atoms with van der Waals surface area (Å²) >= 11 is 0. The average molecular weight is 288 g/mol. The normalized spacial score (nSPS) is 14.8. The van der Waals surface area contributed by atoms with Crippen molar-refractivity contribution < 1.29 is 0 Å². The lowest BCUT2D eigenvalue weighted by Gasteiger charge is -2.26. The van der Waals surface area contributed by atoms with E-state index in [0.717, 1.165) is 30.7 Å². The molecule has 2 atom stereocenters. The van der Waals surface area contributed by atoms with E-state index in [1.165, 1.54) is 5.52 Å². The minimum Gasteiger partial charge on any atom is -0.328 e. The lowest BCUT2D eigenvalue weighted by Crippen LogP contribution is -2.43. The minimum atomic E-state index is 0.248. The number of fused-ring (bicyclic) bond motifs is 1. The molecule has 2 rings (SSSR count). The molecule has 0 saturated carbocycles. The summed E-state index contributed by atoms with van der Waals surface area (Å²) in [4.78, 5) is 4.83. The third-order valence-corrected chi connectivity index (χ3v) is 4.48. The molecule has 0 saturated heterocycles. The molecule has 2 unspecified atom stereocenters. The number of nitrogens with two attached hydrogens (primary N) is 1. The second kappa shape index (κ2) is 7.05. The Labute approximate surface area is 127 Å². The first-order valence-electron chi connectivity index (χ1n) is 7.98. The van der Waals surface area contributed by atoms with Gasteiger partial charge in [0.2, 0.25) is 0 Å². The fraction of sp³-hybridized carbons (Fsp3) is 0.588. The van der Waals surface area contributed by atoms with Crippen molar-refractivity contribution >= 4 is 11.0 Å². The number of hydrazine groups is 1.